The van der Waals surface area contributed by atoms with E-state index in [0.29, 0.717) is 26.2 Å². The topological polar surface area (TPSA) is 65.0 Å². The summed E-state index contributed by atoms with van der Waals surface area (Å²) in [7, 11) is 0. The lowest BCUT2D eigenvalue weighted by Gasteiger charge is -2.30. The van der Waals surface area contributed by atoms with Crippen LogP contribution in [0, 0.1) is 5.92 Å². The molecule has 1 N–H and O–H groups in total. The van der Waals surface area contributed by atoms with E-state index in [0.717, 1.165) is 36.1 Å². The fourth-order valence-corrected chi connectivity index (χ4v) is 4.91. The zero-order valence-corrected chi connectivity index (χ0v) is 20.0. The zero-order chi connectivity index (χ0) is 24.0. The van der Waals surface area contributed by atoms with Gasteiger partial charge in [-0.1, -0.05) is 55.5 Å². The molecule has 1 saturated heterocycles. The maximum absolute atomic E-state index is 11.7. The van der Waals surface area contributed by atoms with Gasteiger partial charge in [0.05, 0.1) is 19.1 Å². The minimum Gasteiger partial charge on any atom is -0.489 e. The van der Waals surface area contributed by atoms with Gasteiger partial charge in [0.15, 0.2) is 5.79 Å². The van der Waals surface area contributed by atoms with Crippen LogP contribution in [-0.4, -0.2) is 30.1 Å². The van der Waals surface area contributed by atoms with E-state index in [4.69, 9.17) is 14.2 Å². The fourth-order valence-electron chi connectivity index (χ4n) is 4.91. The summed E-state index contributed by atoms with van der Waals surface area (Å²) in [6, 6.07) is 16.3. The molecule has 180 valence electrons. The average molecular weight is 463 g/mol. The highest BCUT2D eigenvalue weighted by Gasteiger charge is 2.37. The Labute approximate surface area is 202 Å². The lowest BCUT2D eigenvalue weighted by molar-refractivity contribution is -0.159. The molecule has 2 unspecified atom stereocenters. The predicted octanol–water partition coefficient (Wildman–Crippen LogP) is 6.35. The Kier molecular flexibility index (Phi) is 7.86. The van der Waals surface area contributed by atoms with Gasteiger partial charge in [-0.2, -0.15) is 0 Å². The van der Waals surface area contributed by atoms with Crippen LogP contribution in [0.1, 0.15) is 62.1 Å². The summed E-state index contributed by atoms with van der Waals surface area (Å²) in [5, 5.41) is 9.59. The Morgan fingerprint density at radius 1 is 1.18 bits per heavy atom. The second-order valence-electron chi connectivity index (χ2n) is 9.00. The number of hydrogen-bond donors (Lipinski definition) is 1. The van der Waals surface area contributed by atoms with Gasteiger partial charge < -0.3 is 19.3 Å². The monoisotopic (exact) mass is 462 g/mol. The number of carboxylic acid groups (broad SMARTS) is 1. The van der Waals surface area contributed by atoms with Crippen molar-refractivity contribution in [1.82, 2.24) is 0 Å². The van der Waals surface area contributed by atoms with Crippen molar-refractivity contribution in [2.75, 3.05) is 13.2 Å². The molecule has 4 rings (SSSR count). The van der Waals surface area contributed by atoms with Crippen LogP contribution < -0.4 is 4.74 Å². The molecule has 0 amide bonds. The largest absolute Gasteiger partial charge is 0.489 e. The summed E-state index contributed by atoms with van der Waals surface area (Å²) in [5.74, 6) is -0.990. The van der Waals surface area contributed by atoms with Crippen LogP contribution >= 0.6 is 0 Å². The third-order valence-electron chi connectivity index (χ3n) is 6.81. The number of hydrogen-bond acceptors (Lipinski definition) is 4. The van der Waals surface area contributed by atoms with E-state index < -0.39 is 17.7 Å². The molecule has 2 atom stereocenters. The average Bonchev–Trinajstić information content (AvgIpc) is 3.31. The smallest absolute Gasteiger partial charge is 0.307 e. The Hall–Kier alpha value is -2.89. The number of ether oxygens (including phenoxy) is 3. The molecule has 5 nitrogen and oxygen atoms in total. The van der Waals surface area contributed by atoms with E-state index in [1.165, 1.54) is 11.1 Å². The van der Waals surface area contributed by atoms with Crippen LogP contribution in [0.25, 0.3) is 5.57 Å². The molecular formula is C29H34O5. The first-order valence-electron chi connectivity index (χ1n) is 12.2. The summed E-state index contributed by atoms with van der Waals surface area (Å²) >= 11 is 0. The molecule has 1 fully saturated rings. The SMILES string of the molecule is CC=CC(c1ccc(OCc2cccc(C3=CCC4(CC3)OCCO4)c2)cc1)C(CC)C(=O)O. The second kappa shape index (κ2) is 11.0. The number of allylic oxidation sites excluding steroid dienone is 3. The lowest BCUT2D eigenvalue weighted by atomic mass is 9.84. The summed E-state index contributed by atoms with van der Waals surface area (Å²) in [6.07, 6.45) is 9.34. The van der Waals surface area contributed by atoms with Gasteiger partial charge in [-0.15, -0.1) is 0 Å². The molecule has 0 saturated carbocycles. The van der Waals surface area contributed by atoms with Crippen LogP contribution in [0.15, 0.2) is 66.8 Å². The quantitative estimate of drug-likeness (QED) is 0.440. The van der Waals surface area contributed by atoms with E-state index in [-0.39, 0.29) is 5.92 Å². The van der Waals surface area contributed by atoms with Crippen molar-refractivity contribution in [3.05, 3.63) is 83.4 Å². The highest BCUT2D eigenvalue weighted by Crippen LogP contribution is 2.38. The third kappa shape index (κ3) is 5.60. The van der Waals surface area contributed by atoms with E-state index in [1.54, 1.807) is 0 Å². The van der Waals surface area contributed by atoms with Crippen LogP contribution in [0.3, 0.4) is 0 Å². The molecule has 2 aromatic rings. The fraction of sp³-hybridized carbons (Fsp3) is 0.414. The van der Waals surface area contributed by atoms with Gasteiger partial charge in [-0.25, -0.2) is 0 Å². The molecule has 0 bridgehead atoms. The maximum atomic E-state index is 11.7. The van der Waals surface area contributed by atoms with E-state index in [2.05, 4.69) is 30.3 Å². The third-order valence-corrected chi connectivity index (χ3v) is 6.81. The summed E-state index contributed by atoms with van der Waals surface area (Å²) in [4.78, 5) is 11.7. The molecule has 2 aromatic carbocycles. The van der Waals surface area contributed by atoms with Gasteiger partial charge in [-0.3, -0.25) is 4.79 Å². The van der Waals surface area contributed by atoms with Gasteiger partial charge in [0.2, 0.25) is 0 Å². The van der Waals surface area contributed by atoms with E-state index in [1.807, 2.05) is 50.3 Å². The van der Waals surface area contributed by atoms with Crippen LogP contribution in [0.5, 0.6) is 5.75 Å². The van der Waals surface area contributed by atoms with Crippen molar-refractivity contribution >= 4 is 11.5 Å². The van der Waals surface area contributed by atoms with Crippen molar-refractivity contribution in [2.45, 2.75) is 57.8 Å². The minimum atomic E-state index is -0.766. The standard InChI is InChI=1S/C29H34O5/c1-3-6-27(26(4-2)28(30)31)23-9-11-25(12-10-23)32-20-21-7-5-8-24(19-21)22-13-15-29(16-14-22)33-17-18-34-29/h3,5-13,19,26-27H,4,14-18,20H2,1-2H3,(H,30,31). The summed E-state index contributed by atoms with van der Waals surface area (Å²) < 4.78 is 17.7. The van der Waals surface area contributed by atoms with Crippen LogP contribution in [0.2, 0.25) is 0 Å². The molecule has 34 heavy (non-hydrogen) atoms. The Morgan fingerprint density at radius 3 is 2.56 bits per heavy atom. The molecule has 2 aliphatic rings. The van der Waals surface area contributed by atoms with Crippen molar-refractivity contribution in [1.29, 1.82) is 0 Å². The van der Waals surface area contributed by atoms with Crippen LogP contribution in [0.4, 0.5) is 0 Å². The summed E-state index contributed by atoms with van der Waals surface area (Å²) in [5.41, 5.74) is 4.64. The first-order chi connectivity index (χ1) is 16.5. The normalized spacial score (nSPS) is 19.2. The first-order valence-corrected chi connectivity index (χ1v) is 12.2. The lowest BCUT2D eigenvalue weighted by Crippen LogP contribution is -2.31. The highest BCUT2D eigenvalue weighted by molar-refractivity contribution is 5.72. The number of benzene rings is 2. The van der Waals surface area contributed by atoms with Crippen molar-refractivity contribution < 1.29 is 24.1 Å². The van der Waals surface area contributed by atoms with E-state index >= 15 is 0 Å². The highest BCUT2D eigenvalue weighted by atomic mass is 16.7. The molecular weight excluding hydrogens is 428 g/mol. The number of carboxylic acids is 1. The molecule has 0 radical (unpaired) electrons. The van der Waals surface area contributed by atoms with Crippen molar-refractivity contribution in [2.24, 2.45) is 5.92 Å². The summed E-state index contributed by atoms with van der Waals surface area (Å²) in [6.45, 7) is 5.68. The molecule has 0 aromatic heterocycles. The van der Waals surface area contributed by atoms with Crippen LogP contribution in [-0.2, 0) is 20.9 Å². The van der Waals surface area contributed by atoms with Crippen molar-refractivity contribution in [3.8, 4) is 5.75 Å². The van der Waals surface area contributed by atoms with Crippen molar-refractivity contribution in [3.63, 3.8) is 0 Å². The number of carbonyl (C=O) groups is 1. The Morgan fingerprint density at radius 2 is 1.94 bits per heavy atom. The number of aliphatic carboxylic acids is 1. The molecule has 1 aliphatic carbocycles. The van der Waals surface area contributed by atoms with Gasteiger partial charge in [0, 0.05) is 18.8 Å². The minimum absolute atomic E-state index is 0.152. The van der Waals surface area contributed by atoms with E-state index in [9.17, 15) is 9.90 Å². The molecule has 1 heterocycles. The van der Waals surface area contributed by atoms with Gasteiger partial charge in [0.25, 0.3) is 0 Å². The molecule has 1 aliphatic heterocycles. The van der Waals surface area contributed by atoms with Gasteiger partial charge in [-0.05, 0) is 60.2 Å². The number of rotatable bonds is 9. The predicted molar refractivity (Wildman–Crippen MR) is 133 cm³/mol. The van der Waals surface area contributed by atoms with Gasteiger partial charge >= 0.3 is 5.97 Å². The molecule has 1 spiro atoms. The Balaban J connectivity index is 1.39. The zero-order valence-electron chi connectivity index (χ0n) is 20.0. The second-order valence-corrected chi connectivity index (χ2v) is 9.00. The molecule has 5 heteroatoms. The maximum Gasteiger partial charge on any atom is 0.307 e. The van der Waals surface area contributed by atoms with Gasteiger partial charge in [0.1, 0.15) is 12.4 Å². The first kappa shape index (κ1) is 24.2. The Bertz CT molecular complexity index is 1030.